The summed E-state index contributed by atoms with van der Waals surface area (Å²) in [5.74, 6) is -3.10. The van der Waals surface area contributed by atoms with Crippen LogP contribution in [0.25, 0.3) is 0 Å². The van der Waals surface area contributed by atoms with Crippen LogP contribution in [-0.2, 0) is 23.9 Å². The normalized spacial score (nSPS) is 24.2. The highest BCUT2D eigenvalue weighted by Crippen LogP contribution is 2.55. The number of ether oxygens (including phenoxy) is 3. The van der Waals surface area contributed by atoms with Crippen LogP contribution in [0.4, 0.5) is 0 Å². The molecule has 1 aliphatic heterocycles. The van der Waals surface area contributed by atoms with Crippen LogP contribution in [0.5, 0.6) is 5.75 Å². The van der Waals surface area contributed by atoms with Crippen molar-refractivity contribution in [2.75, 3.05) is 13.7 Å². The minimum Gasteiger partial charge on any atom is -0.469 e. The number of rotatable bonds is 4. The van der Waals surface area contributed by atoms with Crippen molar-refractivity contribution in [1.29, 1.82) is 0 Å². The van der Waals surface area contributed by atoms with Gasteiger partial charge in [0.1, 0.15) is 5.75 Å². The summed E-state index contributed by atoms with van der Waals surface area (Å²) in [5.41, 5.74) is -0.238. The minimum absolute atomic E-state index is 0.155. The zero-order valence-corrected chi connectivity index (χ0v) is 15.2. The fraction of sp³-hybridized carbons (Fsp3) is 0.550. The molecular weight excluding hydrogens is 336 g/mol. The smallest absolute Gasteiger partial charge is 0.326 e. The van der Waals surface area contributed by atoms with Gasteiger partial charge in [-0.1, -0.05) is 37.5 Å². The van der Waals surface area contributed by atoms with E-state index in [1.807, 2.05) is 12.1 Å². The molecule has 0 saturated heterocycles. The lowest BCUT2D eigenvalue weighted by molar-refractivity contribution is -0.168. The summed E-state index contributed by atoms with van der Waals surface area (Å²) in [6.45, 7) is 1.84. The number of carbonyl (C=O) groups excluding carboxylic acids is 3. The van der Waals surface area contributed by atoms with E-state index in [4.69, 9.17) is 14.2 Å². The predicted molar refractivity (Wildman–Crippen MR) is 92.5 cm³/mol. The van der Waals surface area contributed by atoms with Gasteiger partial charge >= 0.3 is 17.9 Å². The van der Waals surface area contributed by atoms with Crippen molar-refractivity contribution in [2.24, 2.45) is 11.3 Å². The molecule has 1 aliphatic carbocycles. The van der Waals surface area contributed by atoms with E-state index >= 15 is 0 Å². The van der Waals surface area contributed by atoms with Crippen molar-refractivity contribution in [3.05, 3.63) is 29.8 Å². The quantitative estimate of drug-likeness (QED) is 0.467. The van der Waals surface area contributed by atoms with Crippen LogP contribution in [-0.4, -0.2) is 31.6 Å². The third-order valence-electron chi connectivity index (χ3n) is 5.53. The number of para-hydroxylation sites is 1. The molecule has 6 heteroatoms. The molecule has 0 N–H and O–H groups in total. The highest BCUT2D eigenvalue weighted by atomic mass is 16.6. The van der Waals surface area contributed by atoms with Gasteiger partial charge < -0.3 is 14.2 Å². The molecule has 1 saturated carbocycles. The Hall–Kier alpha value is -2.37. The van der Waals surface area contributed by atoms with E-state index in [-0.39, 0.29) is 12.6 Å². The lowest BCUT2D eigenvalue weighted by atomic mass is 9.59. The Labute approximate surface area is 152 Å². The minimum atomic E-state index is -1.16. The Balaban J connectivity index is 2.17. The van der Waals surface area contributed by atoms with Crippen LogP contribution < -0.4 is 4.74 Å². The van der Waals surface area contributed by atoms with Crippen molar-refractivity contribution >= 4 is 17.9 Å². The van der Waals surface area contributed by atoms with Gasteiger partial charge in [-0.25, -0.2) is 0 Å². The number of hydrogen-bond donors (Lipinski definition) is 0. The van der Waals surface area contributed by atoms with Gasteiger partial charge in [-0.05, 0) is 25.8 Å². The van der Waals surface area contributed by atoms with Gasteiger partial charge in [0.2, 0.25) is 0 Å². The van der Waals surface area contributed by atoms with Gasteiger partial charge in [0, 0.05) is 11.5 Å². The number of fused-ring (bicyclic) bond motifs is 1. The molecule has 140 valence electrons. The van der Waals surface area contributed by atoms with Crippen molar-refractivity contribution in [3.8, 4) is 5.75 Å². The number of benzene rings is 1. The number of carbonyl (C=O) groups is 3. The van der Waals surface area contributed by atoms with Gasteiger partial charge in [-0.15, -0.1) is 0 Å². The summed E-state index contributed by atoms with van der Waals surface area (Å²) in [7, 11) is 1.35. The van der Waals surface area contributed by atoms with Crippen molar-refractivity contribution in [1.82, 2.24) is 0 Å². The van der Waals surface area contributed by atoms with E-state index in [0.29, 0.717) is 24.2 Å². The molecule has 2 aliphatic rings. The van der Waals surface area contributed by atoms with Crippen molar-refractivity contribution in [3.63, 3.8) is 0 Å². The second kappa shape index (κ2) is 7.48. The Morgan fingerprint density at radius 2 is 1.88 bits per heavy atom. The van der Waals surface area contributed by atoms with Gasteiger partial charge in [0.15, 0.2) is 5.92 Å². The number of hydrogen-bond acceptors (Lipinski definition) is 6. The first-order valence-corrected chi connectivity index (χ1v) is 9.11. The third-order valence-corrected chi connectivity index (χ3v) is 5.53. The molecule has 0 radical (unpaired) electrons. The Morgan fingerprint density at radius 3 is 2.54 bits per heavy atom. The maximum absolute atomic E-state index is 12.9. The largest absolute Gasteiger partial charge is 0.469 e. The molecule has 0 amide bonds. The van der Waals surface area contributed by atoms with E-state index in [1.165, 1.54) is 7.11 Å². The van der Waals surface area contributed by atoms with Gasteiger partial charge in [0.25, 0.3) is 0 Å². The van der Waals surface area contributed by atoms with Crippen LogP contribution in [0.3, 0.4) is 0 Å². The summed E-state index contributed by atoms with van der Waals surface area (Å²) in [4.78, 5) is 38.3. The Bertz CT molecular complexity index is 704. The first kappa shape index (κ1) is 18.4. The third kappa shape index (κ3) is 2.97. The van der Waals surface area contributed by atoms with Gasteiger partial charge in [-0.2, -0.15) is 0 Å². The molecular formula is C20H24O6. The first-order chi connectivity index (χ1) is 12.5. The highest BCUT2D eigenvalue weighted by Gasteiger charge is 2.58. The molecule has 0 aromatic heterocycles. The summed E-state index contributed by atoms with van der Waals surface area (Å²) in [6.07, 6.45) is 3.85. The SMILES string of the molecule is CCOC(=O)C1C(=O)Oc2ccccc2C1C1(C(=O)OC)CCCCC1. The summed E-state index contributed by atoms with van der Waals surface area (Å²) in [5, 5.41) is 0. The maximum Gasteiger partial charge on any atom is 0.326 e. The second-order valence-electron chi connectivity index (χ2n) is 6.87. The van der Waals surface area contributed by atoms with E-state index in [9.17, 15) is 14.4 Å². The van der Waals surface area contributed by atoms with E-state index in [2.05, 4.69) is 0 Å². The van der Waals surface area contributed by atoms with Gasteiger partial charge in [-0.3, -0.25) is 14.4 Å². The fourth-order valence-electron chi connectivity index (χ4n) is 4.43. The standard InChI is InChI=1S/C20H24O6/c1-3-25-17(21)15-16(13-9-5-6-10-14(13)26-18(15)22)20(19(23)24-2)11-7-4-8-12-20/h5-6,9-10,15-16H,3-4,7-8,11-12H2,1-2H3. The zero-order valence-electron chi connectivity index (χ0n) is 15.2. The lowest BCUT2D eigenvalue weighted by Crippen LogP contribution is -2.50. The molecule has 3 rings (SSSR count). The van der Waals surface area contributed by atoms with Gasteiger partial charge in [0.05, 0.1) is 19.1 Å². The van der Waals surface area contributed by atoms with Crippen molar-refractivity contribution in [2.45, 2.75) is 44.9 Å². The van der Waals surface area contributed by atoms with E-state index in [1.54, 1.807) is 19.1 Å². The van der Waals surface area contributed by atoms with Crippen LogP contribution in [0, 0.1) is 11.3 Å². The number of esters is 3. The predicted octanol–water partition coefficient (Wildman–Crippen LogP) is 2.99. The van der Waals surface area contributed by atoms with Crippen LogP contribution in [0.15, 0.2) is 24.3 Å². The monoisotopic (exact) mass is 360 g/mol. The highest BCUT2D eigenvalue weighted by molar-refractivity contribution is 5.99. The molecule has 1 fully saturated rings. The molecule has 26 heavy (non-hydrogen) atoms. The molecule has 0 bridgehead atoms. The number of methoxy groups -OCH3 is 1. The zero-order chi connectivity index (χ0) is 18.7. The van der Waals surface area contributed by atoms with E-state index < -0.39 is 29.2 Å². The average Bonchev–Trinajstić information content (AvgIpc) is 2.66. The molecule has 1 aromatic carbocycles. The molecule has 1 aromatic rings. The molecule has 2 unspecified atom stereocenters. The molecule has 2 atom stereocenters. The Morgan fingerprint density at radius 1 is 1.19 bits per heavy atom. The fourth-order valence-corrected chi connectivity index (χ4v) is 4.43. The van der Waals surface area contributed by atoms with Crippen molar-refractivity contribution < 1.29 is 28.6 Å². The Kier molecular flexibility index (Phi) is 5.30. The topological polar surface area (TPSA) is 78.9 Å². The lowest BCUT2D eigenvalue weighted by Gasteiger charge is -2.45. The molecule has 1 heterocycles. The maximum atomic E-state index is 12.9. The van der Waals surface area contributed by atoms with Crippen LogP contribution in [0.1, 0.15) is 50.5 Å². The average molecular weight is 360 g/mol. The first-order valence-electron chi connectivity index (χ1n) is 9.11. The summed E-state index contributed by atoms with van der Waals surface area (Å²) < 4.78 is 15.7. The molecule has 0 spiro atoms. The summed E-state index contributed by atoms with van der Waals surface area (Å²) >= 11 is 0. The van der Waals surface area contributed by atoms with E-state index in [0.717, 1.165) is 19.3 Å². The second-order valence-corrected chi connectivity index (χ2v) is 6.87. The summed E-state index contributed by atoms with van der Waals surface area (Å²) in [6, 6.07) is 7.09. The van der Waals surface area contributed by atoms with Crippen LogP contribution >= 0.6 is 0 Å². The molecule has 6 nitrogen and oxygen atoms in total. The van der Waals surface area contributed by atoms with Crippen LogP contribution in [0.2, 0.25) is 0 Å².